The van der Waals surface area contributed by atoms with Crippen LogP contribution in [-0.4, -0.2) is 35.0 Å². The summed E-state index contributed by atoms with van der Waals surface area (Å²) in [5.41, 5.74) is 0. The number of likely N-dealkylation sites (tertiary alicyclic amines) is 1. The third-order valence-corrected chi connectivity index (χ3v) is 4.95. The van der Waals surface area contributed by atoms with Crippen LogP contribution in [0.15, 0.2) is 12.2 Å². The first-order valence-corrected chi connectivity index (χ1v) is 7.38. The number of hydrogen-bond donors (Lipinski definition) is 1. The largest absolute Gasteiger partial charge is 0.481 e. The molecule has 4 heteroatoms. The molecule has 0 aromatic carbocycles. The molecule has 104 valence electrons. The Hall–Kier alpha value is -1.32. The zero-order valence-corrected chi connectivity index (χ0v) is 11.1. The second-order valence-corrected chi connectivity index (χ2v) is 6.08. The third-order valence-electron chi connectivity index (χ3n) is 4.95. The van der Waals surface area contributed by atoms with Gasteiger partial charge in [0.05, 0.1) is 11.8 Å². The van der Waals surface area contributed by atoms with E-state index in [2.05, 4.69) is 6.08 Å². The van der Waals surface area contributed by atoms with E-state index in [1.54, 1.807) is 0 Å². The van der Waals surface area contributed by atoms with Gasteiger partial charge in [0.2, 0.25) is 5.91 Å². The van der Waals surface area contributed by atoms with E-state index < -0.39 is 11.9 Å². The Morgan fingerprint density at radius 1 is 0.947 bits per heavy atom. The van der Waals surface area contributed by atoms with Crippen LogP contribution in [0, 0.1) is 23.7 Å². The number of carboxylic acid groups (broad SMARTS) is 1. The lowest BCUT2D eigenvalue weighted by molar-refractivity contribution is -0.151. The zero-order valence-electron chi connectivity index (χ0n) is 11.1. The normalized spacial score (nSPS) is 37.4. The average molecular weight is 263 g/mol. The smallest absolute Gasteiger partial charge is 0.307 e. The average Bonchev–Trinajstić information content (AvgIpc) is 2.89. The quantitative estimate of drug-likeness (QED) is 0.774. The van der Waals surface area contributed by atoms with Crippen molar-refractivity contribution in [3.05, 3.63) is 12.2 Å². The van der Waals surface area contributed by atoms with Gasteiger partial charge in [0.15, 0.2) is 0 Å². The number of aliphatic carboxylic acids is 1. The molecule has 0 aromatic rings. The summed E-state index contributed by atoms with van der Waals surface area (Å²) < 4.78 is 0. The van der Waals surface area contributed by atoms with Crippen molar-refractivity contribution in [3.8, 4) is 0 Å². The van der Waals surface area contributed by atoms with Crippen LogP contribution in [0.2, 0.25) is 0 Å². The molecule has 2 aliphatic carbocycles. The van der Waals surface area contributed by atoms with E-state index in [1.807, 2.05) is 11.0 Å². The van der Waals surface area contributed by atoms with E-state index >= 15 is 0 Å². The van der Waals surface area contributed by atoms with Gasteiger partial charge in [-0.3, -0.25) is 9.59 Å². The van der Waals surface area contributed by atoms with Crippen LogP contribution in [0.3, 0.4) is 0 Å². The maximum atomic E-state index is 12.7. The Labute approximate surface area is 113 Å². The molecule has 2 fully saturated rings. The summed E-state index contributed by atoms with van der Waals surface area (Å²) in [7, 11) is 0. The highest BCUT2D eigenvalue weighted by atomic mass is 16.4. The van der Waals surface area contributed by atoms with Crippen LogP contribution in [0.4, 0.5) is 0 Å². The van der Waals surface area contributed by atoms with E-state index in [0.29, 0.717) is 0 Å². The van der Waals surface area contributed by atoms with Gasteiger partial charge in [-0.2, -0.15) is 0 Å². The molecular formula is C15H21NO3. The van der Waals surface area contributed by atoms with Gasteiger partial charge in [-0.05, 0) is 31.1 Å². The van der Waals surface area contributed by atoms with Gasteiger partial charge in [0.1, 0.15) is 0 Å². The number of fused-ring (bicyclic) bond motifs is 2. The Balaban J connectivity index is 1.78. The molecule has 3 aliphatic rings. The topological polar surface area (TPSA) is 57.6 Å². The zero-order chi connectivity index (χ0) is 13.4. The molecule has 3 rings (SSSR count). The van der Waals surface area contributed by atoms with Crippen molar-refractivity contribution in [2.24, 2.45) is 23.7 Å². The molecule has 4 nitrogen and oxygen atoms in total. The molecule has 1 saturated heterocycles. The summed E-state index contributed by atoms with van der Waals surface area (Å²) in [6.45, 7) is 1.62. The molecule has 0 unspecified atom stereocenters. The van der Waals surface area contributed by atoms with Crippen LogP contribution >= 0.6 is 0 Å². The van der Waals surface area contributed by atoms with E-state index in [0.717, 1.165) is 32.4 Å². The lowest BCUT2D eigenvalue weighted by Crippen LogP contribution is -2.43. The number of carbonyl (C=O) groups is 2. The molecule has 1 aliphatic heterocycles. The fourth-order valence-electron chi connectivity index (χ4n) is 4.00. The Morgan fingerprint density at radius 3 is 2.11 bits per heavy atom. The van der Waals surface area contributed by atoms with Crippen molar-refractivity contribution in [1.29, 1.82) is 0 Å². The minimum Gasteiger partial charge on any atom is -0.481 e. The van der Waals surface area contributed by atoms with Gasteiger partial charge in [-0.25, -0.2) is 0 Å². The standard InChI is InChI=1S/C15H21NO3/c17-14(16-7-3-1-2-4-8-16)12-10-5-6-11(9-10)13(12)15(18)19/h5-6,10-13H,1-4,7-9H2,(H,18,19)/t10-,11-,12-,13-/m1/s1. The van der Waals surface area contributed by atoms with Gasteiger partial charge in [0.25, 0.3) is 0 Å². The first-order valence-electron chi connectivity index (χ1n) is 7.38. The number of hydrogen-bond acceptors (Lipinski definition) is 2. The van der Waals surface area contributed by atoms with Crippen LogP contribution in [0.25, 0.3) is 0 Å². The molecule has 1 saturated carbocycles. The van der Waals surface area contributed by atoms with Gasteiger partial charge in [-0.15, -0.1) is 0 Å². The number of amides is 1. The second kappa shape index (κ2) is 4.99. The molecule has 1 heterocycles. The molecule has 2 bridgehead atoms. The maximum Gasteiger partial charge on any atom is 0.307 e. The Bertz CT molecular complexity index is 410. The van der Waals surface area contributed by atoms with Crippen molar-refractivity contribution >= 4 is 11.9 Å². The van der Waals surface area contributed by atoms with E-state index in [1.165, 1.54) is 12.8 Å². The summed E-state index contributed by atoms with van der Waals surface area (Å²) in [5.74, 6) is -1.29. The number of nitrogens with zero attached hydrogens (tertiary/aromatic N) is 1. The van der Waals surface area contributed by atoms with Crippen molar-refractivity contribution in [3.63, 3.8) is 0 Å². The highest BCUT2D eigenvalue weighted by Crippen LogP contribution is 2.48. The Kier molecular flexibility index (Phi) is 3.33. The minimum atomic E-state index is -0.801. The molecule has 4 atom stereocenters. The molecule has 1 N–H and O–H groups in total. The van der Waals surface area contributed by atoms with Crippen LogP contribution in [0.5, 0.6) is 0 Å². The molecule has 19 heavy (non-hydrogen) atoms. The fourth-order valence-corrected chi connectivity index (χ4v) is 4.00. The van der Waals surface area contributed by atoms with E-state index in [9.17, 15) is 14.7 Å². The maximum absolute atomic E-state index is 12.7. The van der Waals surface area contributed by atoms with Crippen LogP contribution in [0.1, 0.15) is 32.1 Å². The summed E-state index contributed by atoms with van der Waals surface area (Å²) in [6, 6.07) is 0. The first kappa shape index (κ1) is 12.7. The molecule has 1 amide bonds. The SMILES string of the molecule is O=C(O)[C@H]1[C@H](C(=O)N2CCCCCC2)[C@@H]2C=C[C@@H]1C2. The van der Waals surface area contributed by atoms with Gasteiger partial charge < -0.3 is 10.0 Å². The second-order valence-electron chi connectivity index (χ2n) is 6.08. The third kappa shape index (κ3) is 2.17. The number of carbonyl (C=O) groups excluding carboxylic acids is 1. The van der Waals surface area contributed by atoms with Crippen LogP contribution in [-0.2, 0) is 9.59 Å². The van der Waals surface area contributed by atoms with Gasteiger partial charge in [0, 0.05) is 13.1 Å². The summed E-state index contributed by atoms with van der Waals surface area (Å²) >= 11 is 0. The highest BCUT2D eigenvalue weighted by Gasteiger charge is 2.52. The van der Waals surface area contributed by atoms with E-state index in [-0.39, 0.29) is 23.7 Å². The molecule has 0 radical (unpaired) electrons. The minimum absolute atomic E-state index is 0.0726. The fraction of sp³-hybridized carbons (Fsp3) is 0.733. The lowest BCUT2D eigenvalue weighted by atomic mass is 9.82. The van der Waals surface area contributed by atoms with Crippen molar-refractivity contribution in [2.45, 2.75) is 32.1 Å². The molecular weight excluding hydrogens is 242 g/mol. The predicted molar refractivity (Wildman–Crippen MR) is 70.4 cm³/mol. The summed E-state index contributed by atoms with van der Waals surface area (Å²) in [6.07, 6.45) is 9.38. The first-order chi connectivity index (χ1) is 9.18. The number of allylic oxidation sites excluding steroid dienone is 2. The summed E-state index contributed by atoms with van der Waals surface area (Å²) in [5, 5.41) is 9.40. The predicted octanol–water partition coefficient (Wildman–Crippen LogP) is 1.91. The van der Waals surface area contributed by atoms with Crippen molar-refractivity contribution in [1.82, 2.24) is 4.90 Å². The van der Waals surface area contributed by atoms with Gasteiger partial charge >= 0.3 is 5.97 Å². The molecule has 0 spiro atoms. The van der Waals surface area contributed by atoms with Crippen molar-refractivity contribution < 1.29 is 14.7 Å². The molecule has 0 aromatic heterocycles. The number of rotatable bonds is 2. The van der Waals surface area contributed by atoms with Crippen molar-refractivity contribution in [2.75, 3.05) is 13.1 Å². The number of carboxylic acids is 1. The summed E-state index contributed by atoms with van der Waals surface area (Å²) in [4.78, 5) is 26.1. The van der Waals surface area contributed by atoms with E-state index in [4.69, 9.17) is 0 Å². The highest BCUT2D eigenvalue weighted by molar-refractivity contribution is 5.87. The Morgan fingerprint density at radius 2 is 1.53 bits per heavy atom. The monoisotopic (exact) mass is 263 g/mol. The van der Waals surface area contributed by atoms with Gasteiger partial charge in [-0.1, -0.05) is 25.0 Å². The van der Waals surface area contributed by atoms with Crippen LogP contribution < -0.4 is 0 Å². The lowest BCUT2D eigenvalue weighted by Gasteiger charge is -2.30.